The minimum atomic E-state index is -1.39. The molecule has 3 amide bonds. The molecule has 2 aromatic rings. The van der Waals surface area contributed by atoms with Crippen molar-refractivity contribution in [1.29, 1.82) is 0 Å². The van der Waals surface area contributed by atoms with E-state index in [0.29, 0.717) is 31.7 Å². The van der Waals surface area contributed by atoms with Gasteiger partial charge in [0.05, 0.1) is 0 Å². The number of carbonyl (C=O) groups excluding carboxylic acids is 3. The largest absolute Gasteiger partial charge is 0.347 e. The number of rotatable bonds is 9. The molecule has 1 saturated heterocycles. The highest BCUT2D eigenvalue weighted by Gasteiger charge is 2.53. The van der Waals surface area contributed by atoms with E-state index in [1.165, 1.54) is 30.0 Å². The van der Waals surface area contributed by atoms with E-state index in [2.05, 4.69) is 26.0 Å². The smallest absolute Gasteiger partial charge is 0.249 e. The summed E-state index contributed by atoms with van der Waals surface area (Å²) >= 11 is 0. The minimum absolute atomic E-state index is 0.0247. The zero-order valence-electron chi connectivity index (χ0n) is 24.4. The molecule has 0 N–H and O–H groups in total. The maximum atomic E-state index is 15.3. The Kier molecular flexibility index (Phi) is 8.96. The van der Waals surface area contributed by atoms with Crippen molar-refractivity contribution < 1.29 is 23.2 Å². The van der Waals surface area contributed by atoms with Gasteiger partial charge in [0, 0.05) is 32.3 Å². The number of hydrogen-bond donors (Lipinski definition) is 0. The van der Waals surface area contributed by atoms with E-state index in [0.717, 1.165) is 29.7 Å². The number of hydrogen-bond acceptors (Lipinski definition) is 3. The molecule has 2 aromatic carbocycles. The Morgan fingerprint density at radius 2 is 1.57 bits per heavy atom. The van der Waals surface area contributed by atoms with Gasteiger partial charge in [-0.1, -0.05) is 58.0 Å². The van der Waals surface area contributed by atoms with Crippen LogP contribution in [0.5, 0.6) is 0 Å². The highest BCUT2D eigenvalue weighted by Crippen LogP contribution is 2.39. The van der Waals surface area contributed by atoms with Crippen molar-refractivity contribution in [3.05, 3.63) is 70.8 Å². The third-order valence-corrected chi connectivity index (χ3v) is 8.13. The van der Waals surface area contributed by atoms with Crippen LogP contribution in [0, 0.1) is 29.4 Å². The van der Waals surface area contributed by atoms with Gasteiger partial charge in [-0.15, -0.1) is 0 Å². The summed E-state index contributed by atoms with van der Waals surface area (Å²) in [5.74, 6) is -2.63. The molecule has 0 spiro atoms. The van der Waals surface area contributed by atoms with Gasteiger partial charge >= 0.3 is 0 Å². The highest BCUT2D eigenvalue weighted by atomic mass is 19.1. The molecule has 1 fully saturated rings. The van der Waals surface area contributed by atoms with Gasteiger partial charge in [-0.05, 0) is 60.6 Å². The number of halogens is 2. The zero-order chi connectivity index (χ0) is 29.3. The molecule has 6 nitrogen and oxygen atoms in total. The lowest BCUT2D eigenvalue weighted by atomic mass is 9.85. The first-order valence-corrected chi connectivity index (χ1v) is 14.3. The Morgan fingerprint density at radius 1 is 0.950 bits per heavy atom. The number of likely N-dealkylation sites (N-methyl/N-ethyl adjacent to an activating group) is 1. The summed E-state index contributed by atoms with van der Waals surface area (Å²) in [5, 5.41) is 0. The topological polar surface area (TPSA) is 60.9 Å². The lowest BCUT2D eigenvalue weighted by molar-refractivity contribution is -0.171. The average Bonchev–Trinajstić information content (AvgIpc) is 3.31. The predicted octanol–water partition coefficient (Wildman–Crippen LogP) is 5.01. The van der Waals surface area contributed by atoms with E-state index in [1.807, 2.05) is 26.0 Å². The number of amides is 3. The summed E-state index contributed by atoms with van der Waals surface area (Å²) in [5.41, 5.74) is 2.19. The van der Waals surface area contributed by atoms with E-state index < -0.39 is 35.7 Å². The first kappa shape index (κ1) is 29.7. The Bertz CT molecular complexity index is 1240. The van der Waals surface area contributed by atoms with Crippen LogP contribution < -0.4 is 0 Å². The van der Waals surface area contributed by atoms with Crippen LogP contribution in [0.1, 0.15) is 63.3 Å². The molecule has 3 atom stereocenters. The van der Waals surface area contributed by atoms with E-state index >= 15 is 4.39 Å². The number of piperazine rings is 1. The molecule has 40 heavy (non-hydrogen) atoms. The summed E-state index contributed by atoms with van der Waals surface area (Å²) in [7, 11) is 3.06. The van der Waals surface area contributed by atoms with Gasteiger partial charge in [0.2, 0.25) is 17.7 Å². The number of carbonyl (C=O) groups is 3. The molecule has 0 radical (unpaired) electrons. The van der Waals surface area contributed by atoms with Gasteiger partial charge in [-0.25, -0.2) is 8.78 Å². The standard InChI is InChI=1S/C32H41F2N3O3/c1-19(2)13-14-36-28(23-16-21-9-7-8-10-22(21)17-23)32(40)37(27(30(36)38)15-20(3)4)29(31(39)35(5)6)25-12-11-24(33)18-26(25)34/h7-12,18-20,23,27-29H,13-17H2,1-6H3/t27-,28-,29-/m1/s1. The first-order chi connectivity index (χ1) is 18.9. The molecule has 0 unspecified atom stereocenters. The van der Waals surface area contributed by atoms with Gasteiger partial charge in [0.1, 0.15) is 29.8 Å². The molecule has 0 bridgehead atoms. The molecular formula is C32H41F2N3O3. The molecule has 1 heterocycles. The van der Waals surface area contributed by atoms with Crippen molar-refractivity contribution in [2.45, 2.75) is 71.5 Å². The fourth-order valence-corrected chi connectivity index (χ4v) is 6.14. The second-order valence-electron chi connectivity index (χ2n) is 12.3. The number of nitrogens with zero attached hydrogens (tertiary/aromatic N) is 3. The summed E-state index contributed by atoms with van der Waals surface area (Å²) in [4.78, 5) is 47.2. The van der Waals surface area contributed by atoms with Crippen molar-refractivity contribution in [3.8, 4) is 0 Å². The molecule has 216 valence electrons. The van der Waals surface area contributed by atoms with E-state index in [4.69, 9.17) is 0 Å². The predicted molar refractivity (Wildman–Crippen MR) is 150 cm³/mol. The van der Waals surface area contributed by atoms with E-state index in [1.54, 1.807) is 4.90 Å². The van der Waals surface area contributed by atoms with E-state index in [9.17, 15) is 18.8 Å². The average molecular weight is 554 g/mol. The van der Waals surface area contributed by atoms with Crippen LogP contribution in [-0.4, -0.2) is 65.1 Å². The molecule has 1 aliphatic carbocycles. The minimum Gasteiger partial charge on any atom is -0.347 e. The van der Waals surface area contributed by atoms with Gasteiger partial charge in [0.25, 0.3) is 0 Å². The second-order valence-corrected chi connectivity index (χ2v) is 12.3. The van der Waals surface area contributed by atoms with Crippen molar-refractivity contribution in [2.24, 2.45) is 17.8 Å². The van der Waals surface area contributed by atoms with Gasteiger partial charge in [-0.2, -0.15) is 0 Å². The van der Waals surface area contributed by atoms with Crippen LogP contribution in [0.3, 0.4) is 0 Å². The summed E-state index contributed by atoms with van der Waals surface area (Å²) in [6.07, 6.45) is 2.33. The van der Waals surface area contributed by atoms with Crippen LogP contribution in [0.15, 0.2) is 42.5 Å². The molecule has 0 saturated carbocycles. The fourth-order valence-electron chi connectivity index (χ4n) is 6.14. The molecule has 2 aliphatic rings. The number of benzene rings is 2. The highest BCUT2D eigenvalue weighted by molar-refractivity contribution is 6.00. The monoisotopic (exact) mass is 553 g/mol. The molecule has 4 rings (SSSR count). The Balaban J connectivity index is 1.86. The van der Waals surface area contributed by atoms with E-state index in [-0.39, 0.29) is 29.2 Å². The molecule has 0 aromatic heterocycles. The third kappa shape index (κ3) is 5.91. The van der Waals surface area contributed by atoms with Crippen LogP contribution in [0.25, 0.3) is 0 Å². The van der Waals surface area contributed by atoms with Gasteiger partial charge < -0.3 is 14.7 Å². The molecular weight excluding hydrogens is 512 g/mol. The Morgan fingerprint density at radius 3 is 2.10 bits per heavy atom. The first-order valence-electron chi connectivity index (χ1n) is 14.3. The third-order valence-electron chi connectivity index (χ3n) is 8.13. The summed E-state index contributed by atoms with van der Waals surface area (Å²) in [6, 6.07) is 7.94. The Hall–Kier alpha value is -3.29. The number of fused-ring (bicyclic) bond motifs is 1. The summed E-state index contributed by atoms with van der Waals surface area (Å²) in [6.45, 7) is 8.50. The summed E-state index contributed by atoms with van der Waals surface area (Å²) < 4.78 is 29.2. The van der Waals surface area contributed by atoms with Gasteiger partial charge in [0.15, 0.2) is 0 Å². The molecule has 1 aliphatic heterocycles. The van der Waals surface area contributed by atoms with Crippen LogP contribution >= 0.6 is 0 Å². The lowest BCUT2D eigenvalue weighted by Gasteiger charge is -2.50. The van der Waals surface area contributed by atoms with Crippen LogP contribution in [0.2, 0.25) is 0 Å². The quantitative estimate of drug-likeness (QED) is 0.439. The maximum absolute atomic E-state index is 15.3. The van der Waals surface area contributed by atoms with Crippen molar-refractivity contribution in [3.63, 3.8) is 0 Å². The second kappa shape index (κ2) is 12.1. The van der Waals surface area contributed by atoms with Crippen molar-refractivity contribution >= 4 is 17.7 Å². The van der Waals surface area contributed by atoms with Crippen molar-refractivity contribution in [1.82, 2.24) is 14.7 Å². The lowest BCUT2D eigenvalue weighted by Crippen LogP contribution is -2.68. The Labute approximate surface area is 236 Å². The van der Waals surface area contributed by atoms with Crippen molar-refractivity contribution in [2.75, 3.05) is 20.6 Å². The van der Waals surface area contributed by atoms with Crippen LogP contribution in [0.4, 0.5) is 8.78 Å². The maximum Gasteiger partial charge on any atom is 0.249 e. The fraction of sp³-hybridized carbons (Fsp3) is 0.531. The normalized spacial score (nSPS) is 20.4. The van der Waals surface area contributed by atoms with Gasteiger partial charge in [-0.3, -0.25) is 14.4 Å². The molecule has 8 heteroatoms. The zero-order valence-corrected chi connectivity index (χ0v) is 24.4. The SMILES string of the molecule is CC(C)CCN1C(=O)[C@@H](CC(C)C)N([C@@H](C(=O)N(C)C)c2ccc(F)cc2F)C(=O)[C@H]1C1Cc2ccccc2C1. The van der Waals surface area contributed by atoms with Crippen LogP contribution in [-0.2, 0) is 27.2 Å².